The average molecular weight is 491 g/mol. The standard InChI is InChI=1S/C23H34N6O4S/c1-34(30,31)13-3-12-33-22-21(26-23-24-10-2-11-25-23)14-28(27-22)17-4-6-18(7-5-17)29-19-8-9-20(29)16-32-15-19/h2,10-11,14,17-20H,3-9,12-13,15-16H2,1H3,(H,24,25,26)/t17?,18?,19-,20+. The van der Waals surface area contributed by atoms with Crippen LogP contribution in [-0.4, -0.2) is 83.0 Å². The van der Waals surface area contributed by atoms with Crippen LogP contribution in [0.15, 0.2) is 24.7 Å². The van der Waals surface area contributed by atoms with Gasteiger partial charge in [-0.2, -0.15) is 0 Å². The number of nitrogens with zero attached hydrogens (tertiary/aromatic N) is 5. The SMILES string of the molecule is CS(=O)(=O)CCCOc1nn(C2CCC(N3[C@@H]4CC[C@H]3COC4)CC2)cc1Nc1ncccn1. The van der Waals surface area contributed by atoms with E-state index in [0.717, 1.165) is 38.9 Å². The topological polar surface area (TPSA) is 111 Å². The van der Waals surface area contributed by atoms with Gasteiger partial charge in [0, 0.05) is 36.8 Å². The van der Waals surface area contributed by atoms with E-state index in [9.17, 15) is 8.42 Å². The molecule has 0 radical (unpaired) electrons. The van der Waals surface area contributed by atoms with Crippen molar-refractivity contribution >= 4 is 21.5 Å². The van der Waals surface area contributed by atoms with Crippen molar-refractivity contribution in [2.45, 2.75) is 69.1 Å². The van der Waals surface area contributed by atoms with Gasteiger partial charge in [0.05, 0.1) is 37.8 Å². The van der Waals surface area contributed by atoms with E-state index in [-0.39, 0.29) is 12.4 Å². The van der Waals surface area contributed by atoms with Crippen molar-refractivity contribution in [1.29, 1.82) is 0 Å². The Morgan fingerprint density at radius 3 is 2.35 bits per heavy atom. The van der Waals surface area contributed by atoms with E-state index in [1.807, 2.05) is 10.9 Å². The van der Waals surface area contributed by atoms with E-state index in [1.54, 1.807) is 18.5 Å². The maximum Gasteiger partial charge on any atom is 0.256 e. The van der Waals surface area contributed by atoms with Crippen LogP contribution in [0.25, 0.3) is 0 Å². The van der Waals surface area contributed by atoms with Gasteiger partial charge in [-0.15, -0.1) is 5.10 Å². The van der Waals surface area contributed by atoms with Crippen molar-refractivity contribution in [2.24, 2.45) is 0 Å². The van der Waals surface area contributed by atoms with Crippen molar-refractivity contribution in [2.75, 3.05) is 37.1 Å². The highest BCUT2D eigenvalue weighted by atomic mass is 32.2. The number of nitrogens with one attached hydrogen (secondary N) is 1. The van der Waals surface area contributed by atoms with Gasteiger partial charge in [-0.25, -0.2) is 18.4 Å². The second-order valence-electron chi connectivity index (χ2n) is 9.69. The number of morpholine rings is 1. The molecule has 2 saturated heterocycles. The molecule has 0 unspecified atom stereocenters. The Labute approximate surface area is 201 Å². The second kappa shape index (κ2) is 10.2. The van der Waals surface area contributed by atoms with Crippen molar-refractivity contribution in [1.82, 2.24) is 24.6 Å². The van der Waals surface area contributed by atoms with Crippen LogP contribution in [0.3, 0.4) is 0 Å². The van der Waals surface area contributed by atoms with Crippen LogP contribution in [0.2, 0.25) is 0 Å². The third-order valence-electron chi connectivity index (χ3n) is 7.17. The summed E-state index contributed by atoms with van der Waals surface area (Å²) >= 11 is 0. The van der Waals surface area contributed by atoms with Crippen LogP contribution in [0.5, 0.6) is 5.88 Å². The Morgan fingerprint density at radius 2 is 1.68 bits per heavy atom. The minimum absolute atomic E-state index is 0.0891. The number of rotatable bonds is 9. The fourth-order valence-corrected chi connectivity index (χ4v) is 6.25. The molecule has 5 rings (SSSR count). The van der Waals surface area contributed by atoms with Gasteiger partial charge in [0.25, 0.3) is 5.88 Å². The van der Waals surface area contributed by atoms with Gasteiger partial charge < -0.3 is 14.8 Å². The van der Waals surface area contributed by atoms with Crippen molar-refractivity contribution in [3.05, 3.63) is 24.7 Å². The minimum Gasteiger partial charge on any atom is -0.475 e. The number of hydrogen-bond donors (Lipinski definition) is 1. The molecule has 34 heavy (non-hydrogen) atoms. The Kier molecular flexibility index (Phi) is 7.03. The summed E-state index contributed by atoms with van der Waals surface area (Å²) in [4.78, 5) is 11.2. The molecule has 11 heteroatoms. The van der Waals surface area contributed by atoms with E-state index >= 15 is 0 Å². The highest BCUT2D eigenvalue weighted by Crippen LogP contribution is 2.39. The zero-order chi connectivity index (χ0) is 23.5. The molecule has 1 aliphatic carbocycles. The fourth-order valence-electron chi connectivity index (χ4n) is 5.61. The zero-order valence-electron chi connectivity index (χ0n) is 19.7. The van der Waals surface area contributed by atoms with E-state index in [2.05, 4.69) is 20.2 Å². The quantitative estimate of drug-likeness (QED) is 0.530. The van der Waals surface area contributed by atoms with Crippen LogP contribution in [0.1, 0.15) is 51.0 Å². The molecule has 4 heterocycles. The molecule has 0 amide bonds. The third-order valence-corrected chi connectivity index (χ3v) is 8.20. The summed E-state index contributed by atoms with van der Waals surface area (Å²) in [6.45, 7) is 2.04. The van der Waals surface area contributed by atoms with Crippen LogP contribution in [-0.2, 0) is 14.6 Å². The first-order valence-corrected chi connectivity index (χ1v) is 14.3. The Hall–Kier alpha value is -2.24. The molecule has 10 nitrogen and oxygen atoms in total. The fraction of sp³-hybridized carbons (Fsp3) is 0.696. The molecule has 1 N–H and O–H groups in total. The number of anilines is 2. The summed E-state index contributed by atoms with van der Waals surface area (Å²) in [6.07, 6.45) is 13.9. The first-order chi connectivity index (χ1) is 16.5. The predicted octanol–water partition coefficient (Wildman–Crippen LogP) is 2.58. The van der Waals surface area contributed by atoms with Gasteiger partial charge in [-0.05, 0) is 51.0 Å². The smallest absolute Gasteiger partial charge is 0.256 e. The summed E-state index contributed by atoms with van der Waals surface area (Å²) in [6, 6.07) is 3.89. The zero-order valence-corrected chi connectivity index (χ0v) is 20.5. The highest BCUT2D eigenvalue weighted by molar-refractivity contribution is 7.90. The molecule has 2 bridgehead atoms. The lowest BCUT2D eigenvalue weighted by Gasteiger charge is -2.43. The third kappa shape index (κ3) is 5.52. The lowest BCUT2D eigenvalue weighted by atomic mass is 9.89. The summed E-state index contributed by atoms with van der Waals surface area (Å²) < 4.78 is 36.5. The first-order valence-electron chi connectivity index (χ1n) is 12.2. The van der Waals surface area contributed by atoms with Gasteiger partial charge in [-0.3, -0.25) is 9.58 Å². The lowest BCUT2D eigenvalue weighted by molar-refractivity contribution is -0.0458. The van der Waals surface area contributed by atoms with E-state index in [1.165, 1.54) is 19.1 Å². The van der Waals surface area contributed by atoms with Crippen LogP contribution in [0, 0.1) is 0 Å². The van der Waals surface area contributed by atoms with Crippen LogP contribution in [0.4, 0.5) is 11.6 Å². The van der Waals surface area contributed by atoms with Crippen LogP contribution < -0.4 is 10.1 Å². The summed E-state index contributed by atoms with van der Waals surface area (Å²) in [5, 5.41) is 7.94. The molecule has 2 atom stereocenters. The van der Waals surface area contributed by atoms with Gasteiger partial charge in [0.15, 0.2) is 0 Å². The number of ether oxygens (including phenoxy) is 2. The molecule has 1 saturated carbocycles. The van der Waals surface area contributed by atoms with Gasteiger partial charge in [0.2, 0.25) is 5.95 Å². The van der Waals surface area contributed by atoms with E-state index < -0.39 is 9.84 Å². The summed E-state index contributed by atoms with van der Waals surface area (Å²) in [5.74, 6) is 1.01. The maximum absolute atomic E-state index is 11.4. The second-order valence-corrected chi connectivity index (χ2v) is 11.9. The molecule has 0 aromatic carbocycles. The Balaban J connectivity index is 1.24. The van der Waals surface area contributed by atoms with Gasteiger partial charge >= 0.3 is 0 Å². The molecule has 3 fully saturated rings. The molecule has 0 spiro atoms. The predicted molar refractivity (Wildman–Crippen MR) is 128 cm³/mol. The Morgan fingerprint density at radius 1 is 1.03 bits per heavy atom. The normalized spacial score (nSPS) is 27.6. The molecule has 3 aliphatic rings. The lowest BCUT2D eigenvalue weighted by Crippen LogP contribution is -2.52. The Bertz CT molecular complexity index is 1040. The monoisotopic (exact) mass is 490 g/mol. The highest BCUT2D eigenvalue weighted by Gasteiger charge is 2.42. The first kappa shape index (κ1) is 23.5. The van der Waals surface area contributed by atoms with Gasteiger partial charge in [0.1, 0.15) is 15.5 Å². The molecule has 186 valence electrons. The number of aromatic nitrogens is 4. The van der Waals surface area contributed by atoms with Crippen molar-refractivity contribution < 1.29 is 17.9 Å². The summed E-state index contributed by atoms with van der Waals surface area (Å²) in [7, 11) is -3.02. The minimum atomic E-state index is -3.02. The summed E-state index contributed by atoms with van der Waals surface area (Å²) in [5.41, 5.74) is 0.693. The van der Waals surface area contributed by atoms with Gasteiger partial charge in [-0.1, -0.05) is 0 Å². The molecule has 2 aliphatic heterocycles. The molecular weight excluding hydrogens is 456 g/mol. The number of sulfone groups is 1. The van der Waals surface area contributed by atoms with Crippen LogP contribution >= 0.6 is 0 Å². The molecule has 2 aromatic rings. The molecule has 2 aromatic heterocycles. The number of fused-ring (bicyclic) bond motifs is 2. The van der Waals surface area contributed by atoms with Crippen molar-refractivity contribution in [3.8, 4) is 5.88 Å². The van der Waals surface area contributed by atoms with E-state index in [4.69, 9.17) is 14.6 Å². The van der Waals surface area contributed by atoms with Crippen molar-refractivity contribution in [3.63, 3.8) is 0 Å². The molecular formula is C23H34N6O4S. The van der Waals surface area contributed by atoms with E-state index in [0.29, 0.717) is 48.1 Å². The number of hydrogen-bond acceptors (Lipinski definition) is 9. The largest absolute Gasteiger partial charge is 0.475 e. The maximum atomic E-state index is 11.4. The average Bonchev–Trinajstić information content (AvgIpc) is 3.33.